The van der Waals surface area contributed by atoms with Gasteiger partial charge in [0, 0.05) is 28.7 Å². The standard InChI is InChI=1S/C23H18BrNO6/c1-31-9-2-5-16(26)13(6-9)18-10-3-4-11-19(23(30)25-22(11)29)12(10)7-14-20(18)17(27)8-15(24)21(14)28/h2-3,5-6,8,11-12,18-19,26H,4,7H2,1H3,(H,25,29,30)/t11-,12+,18+,19-/m0/s1. The minimum absolute atomic E-state index is 0.0397. The summed E-state index contributed by atoms with van der Waals surface area (Å²) in [4.78, 5) is 51.0. The van der Waals surface area contributed by atoms with Gasteiger partial charge in [0.2, 0.25) is 11.8 Å². The molecule has 7 nitrogen and oxygen atoms in total. The molecule has 2 amide bonds. The largest absolute Gasteiger partial charge is 0.508 e. The molecule has 1 heterocycles. The Morgan fingerprint density at radius 3 is 2.65 bits per heavy atom. The quantitative estimate of drug-likeness (QED) is 0.379. The van der Waals surface area contributed by atoms with Gasteiger partial charge in [-0.05, 0) is 52.9 Å². The summed E-state index contributed by atoms with van der Waals surface area (Å²) in [6, 6.07) is 4.73. The molecule has 5 rings (SSSR count). The number of methoxy groups -OCH3 is 1. The number of carbonyl (C=O) groups excluding carboxylic acids is 4. The van der Waals surface area contributed by atoms with Crippen LogP contribution >= 0.6 is 15.9 Å². The Balaban J connectivity index is 1.75. The van der Waals surface area contributed by atoms with Gasteiger partial charge in [-0.25, -0.2) is 0 Å². The lowest BCUT2D eigenvalue weighted by atomic mass is 9.59. The molecule has 3 aliphatic carbocycles. The number of ether oxygens (including phenoxy) is 1. The van der Waals surface area contributed by atoms with Crippen LogP contribution in [0.1, 0.15) is 24.3 Å². The Morgan fingerprint density at radius 2 is 1.90 bits per heavy atom. The van der Waals surface area contributed by atoms with E-state index >= 15 is 0 Å². The number of allylic oxidation sites excluding steroid dienone is 6. The van der Waals surface area contributed by atoms with Crippen LogP contribution in [0.15, 0.2) is 51.6 Å². The van der Waals surface area contributed by atoms with Crippen LogP contribution in [0.4, 0.5) is 0 Å². The number of aromatic hydroxyl groups is 1. The summed E-state index contributed by atoms with van der Waals surface area (Å²) in [5.74, 6) is -3.06. The molecule has 1 aromatic carbocycles. The van der Waals surface area contributed by atoms with E-state index in [0.717, 1.165) is 5.57 Å². The average molecular weight is 484 g/mol. The summed E-state index contributed by atoms with van der Waals surface area (Å²) in [6.45, 7) is 0. The highest BCUT2D eigenvalue weighted by Crippen LogP contribution is 2.55. The molecule has 1 fully saturated rings. The predicted octanol–water partition coefficient (Wildman–Crippen LogP) is 2.45. The molecule has 4 atom stereocenters. The number of hydrogen-bond donors (Lipinski definition) is 2. The van der Waals surface area contributed by atoms with Crippen LogP contribution in [0.2, 0.25) is 0 Å². The number of amides is 2. The summed E-state index contributed by atoms with van der Waals surface area (Å²) in [5, 5.41) is 13.1. The first-order chi connectivity index (χ1) is 14.8. The minimum Gasteiger partial charge on any atom is -0.508 e. The second kappa shape index (κ2) is 7.02. The zero-order valence-electron chi connectivity index (χ0n) is 16.5. The van der Waals surface area contributed by atoms with E-state index in [-0.39, 0.29) is 40.0 Å². The maximum atomic E-state index is 13.1. The highest BCUT2D eigenvalue weighted by molar-refractivity contribution is 9.12. The summed E-state index contributed by atoms with van der Waals surface area (Å²) in [6.07, 6.45) is 3.70. The molecule has 158 valence electrons. The van der Waals surface area contributed by atoms with Crippen LogP contribution < -0.4 is 10.1 Å². The van der Waals surface area contributed by atoms with Crippen molar-refractivity contribution in [1.29, 1.82) is 0 Å². The van der Waals surface area contributed by atoms with Gasteiger partial charge in [-0.1, -0.05) is 11.6 Å². The number of benzene rings is 1. The molecular formula is C23H18BrNO6. The van der Waals surface area contributed by atoms with Crippen LogP contribution in [-0.4, -0.2) is 35.6 Å². The fraction of sp³-hybridized carbons (Fsp3) is 0.304. The first-order valence-electron chi connectivity index (χ1n) is 9.92. The highest BCUT2D eigenvalue weighted by atomic mass is 79.9. The Morgan fingerprint density at radius 1 is 1.13 bits per heavy atom. The van der Waals surface area contributed by atoms with Gasteiger partial charge in [-0.3, -0.25) is 24.5 Å². The normalized spacial score (nSPS) is 29.6. The van der Waals surface area contributed by atoms with Crippen molar-refractivity contribution < 1.29 is 29.0 Å². The summed E-state index contributed by atoms with van der Waals surface area (Å²) >= 11 is 3.17. The third-order valence-electron chi connectivity index (χ3n) is 6.72. The Hall–Kier alpha value is -3.00. The van der Waals surface area contributed by atoms with Gasteiger partial charge in [-0.15, -0.1) is 0 Å². The van der Waals surface area contributed by atoms with Crippen LogP contribution in [0, 0.1) is 17.8 Å². The van der Waals surface area contributed by atoms with Crippen molar-refractivity contribution in [3.8, 4) is 11.5 Å². The number of halogens is 1. The number of carbonyl (C=O) groups is 4. The predicted molar refractivity (Wildman–Crippen MR) is 112 cm³/mol. The molecule has 0 unspecified atom stereocenters. The summed E-state index contributed by atoms with van der Waals surface area (Å²) < 4.78 is 5.48. The van der Waals surface area contributed by atoms with Gasteiger partial charge >= 0.3 is 0 Å². The van der Waals surface area contributed by atoms with E-state index in [1.165, 1.54) is 19.3 Å². The molecule has 8 heteroatoms. The molecule has 0 spiro atoms. The van der Waals surface area contributed by atoms with Gasteiger partial charge < -0.3 is 9.84 Å². The van der Waals surface area contributed by atoms with Crippen molar-refractivity contribution in [2.24, 2.45) is 17.8 Å². The lowest BCUT2D eigenvalue weighted by Crippen LogP contribution is -2.39. The van der Waals surface area contributed by atoms with Gasteiger partial charge in [-0.2, -0.15) is 0 Å². The number of nitrogens with one attached hydrogen (secondary N) is 1. The zero-order valence-corrected chi connectivity index (χ0v) is 18.1. The molecule has 4 aliphatic rings. The minimum atomic E-state index is -0.707. The molecule has 31 heavy (non-hydrogen) atoms. The zero-order chi connectivity index (χ0) is 22.0. The number of rotatable bonds is 2. The van der Waals surface area contributed by atoms with Crippen LogP contribution in [0.5, 0.6) is 11.5 Å². The van der Waals surface area contributed by atoms with Crippen molar-refractivity contribution in [3.05, 3.63) is 57.1 Å². The number of Topliss-reactive ketones (excluding diaryl/α,β-unsaturated/α-hetero) is 1. The number of phenolic OH excluding ortho intramolecular Hbond substituents is 1. The van der Waals surface area contributed by atoms with E-state index in [4.69, 9.17) is 4.74 Å². The Kier molecular flexibility index (Phi) is 4.51. The molecule has 1 aromatic rings. The van der Waals surface area contributed by atoms with Gasteiger partial charge in [0.25, 0.3) is 0 Å². The SMILES string of the molecule is COc1ccc(O)c([C@H]2C3=CC[C@@H]4C(=O)NC(=O)[C@@H]4[C@@H]3CC3=C2C(=O)C=C(Br)C3=O)c1. The van der Waals surface area contributed by atoms with Crippen molar-refractivity contribution in [2.45, 2.75) is 18.8 Å². The molecule has 1 saturated heterocycles. The van der Waals surface area contributed by atoms with Gasteiger partial charge in [0.05, 0.1) is 23.4 Å². The Labute approximate surface area is 186 Å². The molecular weight excluding hydrogens is 466 g/mol. The number of imide groups is 1. The van der Waals surface area contributed by atoms with E-state index in [0.29, 0.717) is 28.9 Å². The lowest BCUT2D eigenvalue weighted by Gasteiger charge is -2.42. The smallest absolute Gasteiger partial charge is 0.231 e. The van der Waals surface area contributed by atoms with Crippen molar-refractivity contribution in [1.82, 2.24) is 5.32 Å². The summed E-state index contributed by atoms with van der Waals surface area (Å²) in [7, 11) is 1.50. The van der Waals surface area contributed by atoms with E-state index < -0.39 is 23.7 Å². The second-order valence-electron chi connectivity index (χ2n) is 8.17. The van der Waals surface area contributed by atoms with E-state index in [1.807, 2.05) is 6.08 Å². The molecule has 0 aromatic heterocycles. The Bertz CT molecular complexity index is 1180. The lowest BCUT2D eigenvalue weighted by molar-refractivity contribution is -0.126. The molecule has 0 bridgehead atoms. The van der Waals surface area contributed by atoms with Gasteiger partial charge in [0.15, 0.2) is 11.6 Å². The average Bonchev–Trinajstić information content (AvgIpc) is 3.05. The molecule has 2 N–H and O–H groups in total. The maximum Gasteiger partial charge on any atom is 0.231 e. The first-order valence-corrected chi connectivity index (χ1v) is 10.7. The fourth-order valence-corrected chi connectivity index (χ4v) is 5.81. The monoisotopic (exact) mass is 483 g/mol. The van der Waals surface area contributed by atoms with E-state index in [9.17, 15) is 24.3 Å². The summed E-state index contributed by atoms with van der Waals surface area (Å²) in [5.41, 5.74) is 1.84. The highest BCUT2D eigenvalue weighted by Gasteiger charge is 2.53. The number of fused-ring (bicyclic) bond motifs is 3. The van der Waals surface area contributed by atoms with E-state index in [2.05, 4.69) is 21.2 Å². The molecule has 1 aliphatic heterocycles. The second-order valence-corrected chi connectivity index (χ2v) is 9.03. The number of ketones is 2. The van der Waals surface area contributed by atoms with Crippen molar-refractivity contribution in [2.75, 3.05) is 7.11 Å². The fourth-order valence-electron chi connectivity index (χ4n) is 5.36. The van der Waals surface area contributed by atoms with Gasteiger partial charge in [0.1, 0.15) is 11.5 Å². The molecule has 0 radical (unpaired) electrons. The van der Waals surface area contributed by atoms with Crippen LogP contribution in [0.3, 0.4) is 0 Å². The first kappa shape index (κ1) is 19.9. The van der Waals surface area contributed by atoms with Crippen molar-refractivity contribution in [3.63, 3.8) is 0 Å². The van der Waals surface area contributed by atoms with Crippen LogP contribution in [0.25, 0.3) is 0 Å². The van der Waals surface area contributed by atoms with Crippen molar-refractivity contribution >= 4 is 39.3 Å². The molecule has 0 saturated carbocycles. The van der Waals surface area contributed by atoms with E-state index in [1.54, 1.807) is 12.1 Å². The topological polar surface area (TPSA) is 110 Å². The maximum absolute atomic E-state index is 13.1. The third kappa shape index (κ3) is 2.85. The number of phenols is 1. The number of hydrogen-bond acceptors (Lipinski definition) is 6. The third-order valence-corrected chi connectivity index (χ3v) is 7.31. The van der Waals surface area contributed by atoms with Crippen LogP contribution in [-0.2, 0) is 19.2 Å².